The summed E-state index contributed by atoms with van der Waals surface area (Å²) in [5.41, 5.74) is 2.01. The molecule has 0 saturated heterocycles. The Morgan fingerprint density at radius 1 is 1.32 bits per heavy atom. The predicted octanol–water partition coefficient (Wildman–Crippen LogP) is 3.97. The van der Waals surface area contributed by atoms with Crippen molar-refractivity contribution in [1.29, 1.82) is 0 Å². The zero-order valence-electron chi connectivity index (χ0n) is 11.4. The molecule has 0 spiro atoms. The minimum absolute atomic E-state index is 0.166. The number of halogens is 2. The number of hydrogen-bond donors (Lipinski definition) is 0. The van der Waals surface area contributed by atoms with Gasteiger partial charge in [-0.3, -0.25) is 4.79 Å². The van der Waals surface area contributed by atoms with E-state index in [0.29, 0.717) is 17.7 Å². The number of ketones is 1. The summed E-state index contributed by atoms with van der Waals surface area (Å²) in [4.78, 5) is 20.1. The van der Waals surface area contributed by atoms with Crippen LogP contribution in [0.3, 0.4) is 0 Å². The first-order valence-corrected chi connectivity index (χ1v) is 7.71. The van der Waals surface area contributed by atoms with Gasteiger partial charge in [0.2, 0.25) is 0 Å². The molecule has 0 fully saturated rings. The van der Waals surface area contributed by atoms with Gasteiger partial charge in [-0.25, -0.2) is 9.97 Å². The number of benzene rings is 1. The van der Waals surface area contributed by atoms with Gasteiger partial charge in [-0.1, -0.05) is 39.7 Å². The third kappa shape index (κ3) is 3.26. The van der Waals surface area contributed by atoms with Crippen molar-refractivity contribution in [3.63, 3.8) is 0 Å². The Hall–Kier alpha value is -1.98. The highest BCUT2D eigenvalue weighted by Gasteiger charge is 2.15. The SMILES string of the molecule is O=C(c1ccn(Cc2cccc(Br)c2)c1)c1cncnc1Cl. The Balaban J connectivity index is 1.82. The number of rotatable bonds is 4. The van der Waals surface area contributed by atoms with Gasteiger partial charge >= 0.3 is 0 Å². The monoisotopic (exact) mass is 375 g/mol. The molecule has 4 nitrogen and oxygen atoms in total. The van der Waals surface area contributed by atoms with E-state index in [-0.39, 0.29) is 10.9 Å². The Bertz CT molecular complexity index is 832. The number of carbonyl (C=O) groups excluding carboxylic acids is 1. The van der Waals surface area contributed by atoms with E-state index in [1.807, 2.05) is 35.0 Å². The molecule has 22 heavy (non-hydrogen) atoms. The van der Waals surface area contributed by atoms with Crippen LogP contribution in [-0.4, -0.2) is 20.3 Å². The second-order valence-electron chi connectivity index (χ2n) is 4.76. The Morgan fingerprint density at radius 3 is 2.95 bits per heavy atom. The van der Waals surface area contributed by atoms with Gasteiger partial charge in [0.1, 0.15) is 11.5 Å². The normalized spacial score (nSPS) is 10.6. The van der Waals surface area contributed by atoms with Gasteiger partial charge in [0.15, 0.2) is 5.78 Å². The topological polar surface area (TPSA) is 47.8 Å². The molecular formula is C16H11BrClN3O. The van der Waals surface area contributed by atoms with Crippen molar-refractivity contribution in [2.45, 2.75) is 6.54 Å². The Morgan fingerprint density at radius 2 is 2.18 bits per heavy atom. The molecule has 6 heteroatoms. The molecule has 0 bridgehead atoms. The number of nitrogens with zero attached hydrogens (tertiary/aromatic N) is 3. The Kier molecular flexibility index (Phi) is 4.36. The summed E-state index contributed by atoms with van der Waals surface area (Å²) in [5, 5.41) is 0.166. The maximum absolute atomic E-state index is 12.4. The van der Waals surface area contributed by atoms with Gasteiger partial charge in [-0.15, -0.1) is 0 Å². The fourth-order valence-electron chi connectivity index (χ4n) is 2.14. The molecule has 0 N–H and O–H groups in total. The molecular weight excluding hydrogens is 366 g/mol. The van der Waals surface area contributed by atoms with Crippen molar-refractivity contribution in [1.82, 2.24) is 14.5 Å². The molecule has 0 amide bonds. The summed E-state index contributed by atoms with van der Waals surface area (Å²) in [6, 6.07) is 9.81. The van der Waals surface area contributed by atoms with E-state index in [1.54, 1.807) is 12.3 Å². The van der Waals surface area contributed by atoms with Crippen LogP contribution >= 0.6 is 27.5 Å². The van der Waals surface area contributed by atoms with Gasteiger partial charge in [-0.05, 0) is 23.8 Å². The molecule has 1 aromatic carbocycles. The lowest BCUT2D eigenvalue weighted by atomic mass is 10.1. The van der Waals surface area contributed by atoms with Crippen molar-refractivity contribution in [3.05, 3.63) is 81.6 Å². The molecule has 0 aliphatic rings. The van der Waals surface area contributed by atoms with E-state index in [4.69, 9.17) is 11.6 Å². The quantitative estimate of drug-likeness (QED) is 0.511. The first-order chi connectivity index (χ1) is 10.6. The third-order valence-electron chi connectivity index (χ3n) is 3.18. The van der Waals surface area contributed by atoms with Gasteiger partial charge in [0.05, 0.1) is 5.56 Å². The van der Waals surface area contributed by atoms with E-state index in [1.165, 1.54) is 12.5 Å². The molecule has 0 aliphatic heterocycles. The summed E-state index contributed by atoms with van der Waals surface area (Å²) in [7, 11) is 0. The lowest BCUT2D eigenvalue weighted by Crippen LogP contribution is -2.03. The standard InChI is InChI=1S/C16H11BrClN3O/c17-13-3-1-2-11(6-13)8-21-5-4-12(9-21)15(22)14-7-19-10-20-16(14)18/h1-7,9-10H,8H2. The molecule has 0 aliphatic carbocycles. The van der Waals surface area contributed by atoms with Crippen molar-refractivity contribution in [2.75, 3.05) is 0 Å². The van der Waals surface area contributed by atoms with Crippen LogP contribution in [-0.2, 0) is 6.54 Å². The van der Waals surface area contributed by atoms with E-state index in [2.05, 4.69) is 25.9 Å². The van der Waals surface area contributed by atoms with E-state index in [9.17, 15) is 4.79 Å². The van der Waals surface area contributed by atoms with Crippen molar-refractivity contribution < 1.29 is 4.79 Å². The average molecular weight is 377 g/mol. The molecule has 3 rings (SSSR count). The molecule has 0 radical (unpaired) electrons. The first-order valence-electron chi connectivity index (χ1n) is 6.54. The predicted molar refractivity (Wildman–Crippen MR) is 88.2 cm³/mol. The molecule has 2 heterocycles. The van der Waals surface area contributed by atoms with Crippen molar-refractivity contribution in [2.24, 2.45) is 0 Å². The molecule has 3 aromatic rings. The van der Waals surface area contributed by atoms with E-state index >= 15 is 0 Å². The van der Waals surface area contributed by atoms with Crippen molar-refractivity contribution >= 4 is 33.3 Å². The van der Waals surface area contributed by atoms with E-state index in [0.717, 1.165) is 10.0 Å². The van der Waals surface area contributed by atoms with E-state index < -0.39 is 0 Å². The average Bonchev–Trinajstić information content (AvgIpc) is 2.95. The largest absolute Gasteiger partial charge is 0.349 e. The molecule has 110 valence electrons. The second kappa shape index (κ2) is 6.42. The lowest BCUT2D eigenvalue weighted by molar-refractivity contribution is 0.103. The van der Waals surface area contributed by atoms with Crippen molar-refractivity contribution in [3.8, 4) is 0 Å². The van der Waals surface area contributed by atoms with Gasteiger partial charge in [0, 0.05) is 35.2 Å². The third-order valence-corrected chi connectivity index (χ3v) is 3.97. The minimum atomic E-state index is -0.182. The van der Waals surface area contributed by atoms with Gasteiger partial charge in [-0.2, -0.15) is 0 Å². The van der Waals surface area contributed by atoms with Crippen LogP contribution in [0.15, 0.2) is 59.7 Å². The number of carbonyl (C=O) groups is 1. The fourth-order valence-corrected chi connectivity index (χ4v) is 2.77. The van der Waals surface area contributed by atoms with Crippen LogP contribution in [0.4, 0.5) is 0 Å². The maximum Gasteiger partial charge on any atom is 0.199 e. The number of aromatic nitrogens is 3. The Labute approximate surface area is 140 Å². The highest BCUT2D eigenvalue weighted by Crippen LogP contribution is 2.17. The van der Waals surface area contributed by atoms with Gasteiger partial charge < -0.3 is 4.57 Å². The van der Waals surface area contributed by atoms with Crippen LogP contribution in [0.1, 0.15) is 21.5 Å². The van der Waals surface area contributed by atoms with Gasteiger partial charge in [0.25, 0.3) is 0 Å². The highest BCUT2D eigenvalue weighted by atomic mass is 79.9. The van der Waals surface area contributed by atoms with Crippen LogP contribution in [0.25, 0.3) is 0 Å². The first kappa shape index (κ1) is 14.9. The molecule has 0 atom stereocenters. The second-order valence-corrected chi connectivity index (χ2v) is 6.03. The molecule has 2 aromatic heterocycles. The zero-order valence-corrected chi connectivity index (χ0v) is 13.8. The summed E-state index contributed by atoms with van der Waals surface area (Å²) in [5.74, 6) is -0.182. The zero-order chi connectivity index (χ0) is 15.5. The number of hydrogen-bond acceptors (Lipinski definition) is 3. The molecule has 0 saturated carbocycles. The maximum atomic E-state index is 12.4. The fraction of sp³-hybridized carbons (Fsp3) is 0.0625. The summed E-state index contributed by atoms with van der Waals surface area (Å²) >= 11 is 9.39. The minimum Gasteiger partial charge on any atom is -0.349 e. The smallest absolute Gasteiger partial charge is 0.199 e. The van der Waals surface area contributed by atoms with Crippen LogP contribution in [0, 0.1) is 0 Å². The lowest BCUT2D eigenvalue weighted by Gasteiger charge is -2.04. The summed E-state index contributed by atoms with van der Waals surface area (Å²) in [6.45, 7) is 0.686. The molecule has 0 unspecified atom stereocenters. The van der Waals surface area contributed by atoms with Crippen LogP contribution in [0.5, 0.6) is 0 Å². The highest BCUT2D eigenvalue weighted by molar-refractivity contribution is 9.10. The van der Waals surface area contributed by atoms with Crippen LogP contribution in [0.2, 0.25) is 5.15 Å². The summed E-state index contributed by atoms with van der Waals surface area (Å²) in [6.07, 6.45) is 6.42. The summed E-state index contributed by atoms with van der Waals surface area (Å²) < 4.78 is 2.98. The van der Waals surface area contributed by atoms with Crippen LogP contribution < -0.4 is 0 Å².